The van der Waals surface area contributed by atoms with E-state index in [-0.39, 0.29) is 11.7 Å². The lowest BCUT2D eigenvalue weighted by molar-refractivity contribution is -0.116. The number of carbonyl (C=O) groups excluding carboxylic acids is 1. The van der Waals surface area contributed by atoms with Gasteiger partial charge >= 0.3 is 0 Å². The molecule has 2 rings (SSSR count). The number of nitrogens with one attached hydrogen (secondary N) is 1. The first-order valence-electron chi connectivity index (χ1n) is 6.68. The Balaban J connectivity index is 1.94. The summed E-state index contributed by atoms with van der Waals surface area (Å²) in [5, 5.41) is 7.12. The maximum atomic E-state index is 12.8. The van der Waals surface area contributed by atoms with Gasteiger partial charge in [0.15, 0.2) is 0 Å². The highest BCUT2D eigenvalue weighted by Crippen LogP contribution is 2.11. The van der Waals surface area contributed by atoms with Crippen molar-refractivity contribution >= 4 is 12.0 Å². The minimum absolute atomic E-state index is 0.193. The summed E-state index contributed by atoms with van der Waals surface area (Å²) in [5.74, 6) is -0.485. The average Bonchev–Trinajstić information content (AvgIpc) is 2.69. The minimum atomic E-state index is -0.292. The number of benzene rings is 1. The van der Waals surface area contributed by atoms with Gasteiger partial charge in [0.1, 0.15) is 5.82 Å². The zero-order valence-electron chi connectivity index (χ0n) is 12.4. The first-order valence-corrected chi connectivity index (χ1v) is 6.68. The molecule has 2 aromatic rings. The zero-order chi connectivity index (χ0) is 15.4. The summed E-state index contributed by atoms with van der Waals surface area (Å²) in [6.45, 7) is 4.33. The Hall–Kier alpha value is -2.43. The smallest absolute Gasteiger partial charge is 0.244 e. The molecule has 4 nitrogen and oxygen atoms in total. The Bertz CT molecular complexity index is 672. The topological polar surface area (TPSA) is 46.9 Å². The molecule has 21 heavy (non-hydrogen) atoms. The second-order valence-corrected chi connectivity index (χ2v) is 4.88. The Morgan fingerprint density at radius 3 is 2.57 bits per heavy atom. The summed E-state index contributed by atoms with van der Waals surface area (Å²) in [4.78, 5) is 11.8. The summed E-state index contributed by atoms with van der Waals surface area (Å²) in [6.07, 6.45) is 3.09. The van der Waals surface area contributed by atoms with E-state index in [4.69, 9.17) is 0 Å². The monoisotopic (exact) mass is 287 g/mol. The number of aryl methyl sites for hydroxylation is 2. The van der Waals surface area contributed by atoms with Gasteiger partial charge in [0.2, 0.25) is 5.91 Å². The van der Waals surface area contributed by atoms with Crippen LogP contribution in [0, 0.1) is 19.7 Å². The number of halogens is 1. The van der Waals surface area contributed by atoms with E-state index in [0.717, 1.165) is 22.5 Å². The summed E-state index contributed by atoms with van der Waals surface area (Å²) < 4.78 is 14.6. The quantitative estimate of drug-likeness (QED) is 0.878. The third-order valence-corrected chi connectivity index (χ3v) is 3.40. The molecule has 0 aliphatic heterocycles. The van der Waals surface area contributed by atoms with Crippen molar-refractivity contribution in [3.63, 3.8) is 0 Å². The molecule has 1 aromatic carbocycles. The van der Waals surface area contributed by atoms with Gasteiger partial charge in [-0.25, -0.2) is 4.39 Å². The van der Waals surface area contributed by atoms with Crippen LogP contribution in [0.4, 0.5) is 4.39 Å². The van der Waals surface area contributed by atoms with Crippen LogP contribution < -0.4 is 5.32 Å². The van der Waals surface area contributed by atoms with Crippen LogP contribution >= 0.6 is 0 Å². The number of hydrogen-bond acceptors (Lipinski definition) is 2. The van der Waals surface area contributed by atoms with Crippen molar-refractivity contribution in [2.75, 3.05) is 0 Å². The summed E-state index contributed by atoms with van der Waals surface area (Å²) >= 11 is 0. The van der Waals surface area contributed by atoms with Crippen molar-refractivity contribution in [2.24, 2.45) is 7.05 Å². The summed E-state index contributed by atoms with van der Waals surface area (Å²) in [5.41, 5.74) is 3.76. The molecule has 0 aliphatic carbocycles. The van der Waals surface area contributed by atoms with Gasteiger partial charge in [-0.2, -0.15) is 5.10 Å². The molecule has 5 heteroatoms. The van der Waals surface area contributed by atoms with Crippen LogP contribution in [-0.2, 0) is 18.4 Å². The Labute approximate surface area is 123 Å². The standard InChI is InChI=1S/C16H18FN3O/c1-11-15(12(2)20(3)19-11)10-18-16(21)9-6-13-4-7-14(17)8-5-13/h4-9H,10H2,1-3H3,(H,18,21)/b9-6+. The van der Waals surface area contributed by atoms with Crippen LogP contribution in [0.3, 0.4) is 0 Å². The van der Waals surface area contributed by atoms with E-state index in [0.29, 0.717) is 6.54 Å². The van der Waals surface area contributed by atoms with Gasteiger partial charge in [0.25, 0.3) is 0 Å². The molecule has 1 amide bonds. The molecule has 0 spiro atoms. The van der Waals surface area contributed by atoms with Crippen molar-refractivity contribution in [3.8, 4) is 0 Å². The van der Waals surface area contributed by atoms with Gasteiger partial charge in [-0.3, -0.25) is 9.48 Å². The van der Waals surface area contributed by atoms with E-state index >= 15 is 0 Å². The van der Waals surface area contributed by atoms with Gasteiger partial charge in [-0.05, 0) is 37.6 Å². The normalized spacial score (nSPS) is 11.0. The van der Waals surface area contributed by atoms with Gasteiger partial charge in [-0.15, -0.1) is 0 Å². The lowest BCUT2D eigenvalue weighted by atomic mass is 10.2. The number of rotatable bonds is 4. The zero-order valence-corrected chi connectivity index (χ0v) is 12.4. The molecular formula is C16H18FN3O. The van der Waals surface area contributed by atoms with Crippen LogP contribution in [0.25, 0.3) is 6.08 Å². The highest BCUT2D eigenvalue weighted by Gasteiger charge is 2.09. The molecule has 0 unspecified atom stereocenters. The largest absolute Gasteiger partial charge is 0.348 e. The number of carbonyl (C=O) groups is 1. The fourth-order valence-electron chi connectivity index (χ4n) is 2.05. The van der Waals surface area contributed by atoms with Crippen LogP contribution in [-0.4, -0.2) is 15.7 Å². The SMILES string of the molecule is Cc1nn(C)c(C)c1CNC(=O)/C=C/c1ccc(F)cc1. The Morgan fingerprint density at radius 2 is 2.00 bits per heavy atom. The van der Waals surface area contributed by atoms with Gasteiger partial charge in [0.05, 0.1) is 5.69 Å². The molecule has 0 radical (unpaired) electrons. The van der Waals surface area contributed by atoms with Crippen LogP contribution in [0.5, 0.6) is 0 Å². The van der Waals surface area contributed by atoms with Crippen molar-refractivity contribution in [1.82, 2.24) is 15.1 Å². The maximum Gasteiger partial charge on any atom is 0.244 e. The average molecular weight is 287 g/mol. The first-order chi connectivity index (χ1) is 9.97. The minimum Gasteiger partial charge on any atom is -0.348 e. The lowest BCUT2D eigenvalue weighted by Crippen LogP contribution is -2.21. The van der Waals surface area contributed by atoms with Crippen molar-refractivity contribution in [3.05, 3.63) is 58.7 Å². The van der Waals surface area contributed by atoms with E-state index in [1.54, 1.807) is 22.9 Å². The summed E-state index contributed by atoms with van der Waals surface area (Å²) in [7, 11) is 1.88. The van der Waals surface area contributed by atoms with Crippen LogP contribution in [0.2, 0.25) is 0 Å². The molecule has 1 N–H and O–H groups in total. The molecule has 0 saturated carbocycles. The maximum absolute atomic E-state index is 12.8. The van der Waals surface area contributed by atoms with E-state index in [1.807, 2.05) is 20.9 Å². The van der Waals surface area contributed by atoms with Gasteiger partial charge in [0, 0.05) is 30.9 Å². The lowest BCUT2D eigenvalue weighted by Gasteiger charge is -2.03. The fraction of sp³-hybridized carbons (Fsp3) is 0.250. The van der Waals surface area contributed by atoms with Crippen molar-refractivity contribution in [1.29, 1.82) is 0 Å². The molecule has 110 valence electrons. The van der Waals surface area contributed by atoms with Gasteiger partial charge in [-0.1, -0.05) is 12.1 Å². The number of amides is 1. The molecule has 1 heterocycles. The Kier molecular flexibility index (Phi) is 4.52. The number of nitrogens with zero attached hydrogens (tertiary/aromatic N) is 2. The molecular weight excluding hydrogens is 269 g/mol. The fourth-order valence-corrected chi connectivity index (χ4v) is 2.05. The highest BCUT2D eigenvalue weighted by molar-refractivity contribution is 5.91. The predicted molar refractivity (Wildman–Crippen MR) is 80.0 cm³/mol. The van der Waals surface area contributed by atoms with E-state index < -0.39 is 0 Å². The van der Waals surface area contributed by atoms with E-state index in [2.05, 4.69) is 10.4 Å². The van der Waals surface area contributed by atoms with Gasteiger partial charge < -0.3 is 5.32 Å². The van der Waals surface area contributed by atoms with E-state index in [9.17, 15) is 9.18 Å². The third-order valence-electron chi connectivity index (χ3n) is 3.40. The Morgan fingerprint density at radius 1 is 1.33 bits per heavy atom. The molecule has 1 aromatic heterocycles. The number of aromatic nitrogens is 2. The molecule has 0 atom stereocenters. The second kappa shape index (κ2) is 6.35. The van der Waals surface area contributed by atoms with Crippen LogP contribution in [0.1, 0.15) is 22.5 Å². The molecule has 0 bridgehead atoms. The molecule has 0 saturated heterocycles. The first kappa shape index (κ1) is 15.0. The third kappa shape index (κ3) is 3.78. The number of hydrogen-bond donors (Lipinski definition) is 1. The summed E-state index contributed by atoms with van der Waals surface area (Å²) in [6, 6.07) is 5.96. The molecule has 0 fully saturated rings. The van der Waals surface area contributed by atoms with Crippen molar-refractivity contribution in [2.45, 2.75) is 20.4 Å². The molecule has 0 aliphatic rings. The predicted octanol–water partition coefficient (Wildman–Crippen LogP) is 2.51. The highest BCUT2D eigenvalue weighted by atomic mass is 19.1. The van der Waals surface area contributed by atoms with E-state index in [1.165, 1.54) is 18.2 Å². The van der Waals surface area contributed by atoms with Crippen LogP contribution in [0.15, 0.2) is 30.3 Å². The van der Waals surface area contributed by atoms with Crippen molar-refractivity contribution < 1.29 is 9.18 Å². The second-order valence-electron chi connectivity index (χ2n) is 4.88.